The number of alkyl halides is 3. The third kappa shape index (κ3) is 2.71. The van der Waals surface area contributed by atoms with Crippen LogP contribution in [0.2, 0.25) is 0 Å². The Kier molecular flexibility index (Phi) is 4.25. The van der Waals surface area contributed by atoms with Gasteiger partial charge >= 0.3 is 12.1 Å². The van der Waals surface area contributed by atoms with Gasteiger partial charge in [0.25, 0.3) is 0 Å². The molecule has 4 nitrogen and oxygen atoms in total. The van der Waals surface area contributed by atoms with Crippen molar-refractivity contribution in [1.29, 1.82) is 0 Å². The SMILES string of the molecule is O=C(O)C1(S(=O)(=O)c2cccc(C(F)(F)F)c2)CCCCC1. The second kappa shape index (κ2) is 5.57. The van der Waals surface area contributed by atoms with Gasteiger partial charge in [0.15, 0.2) is 14.6 Å². The van der Waals surface area contributed by atoms with Crippen molar-refractivity contribution in [2.45, 2.75) is 47.9 Å². The van der Waals surface area contributed by atoms with Crippen LogP contribution in [0.1, 0.15) is 37.7 Å². The van der Waals surface area contributed by atoms with Crippen LogP contribution in [0.5, 0.6) is 0 Å². The van der Waals surface area contributed by atoms with Crippen molar-refractivity contribution in [3.63, 3.8) is 0 Å². The maximum atomic E-state index is 12.7. The maximum absolute atomic E-state index is 12.7. The summed E-state index contributed by atoms with van der Waals surface area (Å²) >= 11 is 0. The van der Waals surface area contributed by atoms with Crippen molar-refractivity contribution in [3.05, 3.63) is 29.8 Å². The van der Waals surface area contributed by atoms with Crippen molar-refractivity contribution in [1.82, 2.24) is 0 Å². The van der Waals surface area contributed by atoms with E-state index in [1.807, 2.05) is 0 Å². The predicted octanol–water partition coefficient (Wildman–Crippen LogP) is 3.27. The van der Waals surface area contributed by atoms with E-state index >= 15 is 0 Å². The highest BCUT2D eigenvalue weighted by Gasteiger charge is 2.52. The van der Waals surface area contributed by atoms with Crippen molar-refractivity contribution < 1.29 is 31.5 Å². The molecular formula is C14H15F3O4S. The highest BCUT2D eigenvalue weighted by atomic mass is 32.2. The highest BCUT2D eigenvalue weighted by Crippen LogP contribution is 2.40. The summed E-state index contributed by atoms with van der Waals surface area (Å²) in [6.45, 7) is 0. The minimum atomic E-state index is -4.69. The van der Waals surface area contributed by atoms with E-state index in [4.69, 9.17) is 0 Å². The average Bonchev–Trinajstić information content (AvgIpc) is 2.47. The summed E-state index contributed by atoms with van der Waals surface area (Å²) in [7, 11) is -4.41. The summed E-state index contributed by atoms with van der Waals surface area (Å²) in [5.41, 5.74) is -1.11. The van der Waals surface area contributed by atoms with E-state index in [-0.39, 0.29) is 12.8 Å². The molecule has 1 fully saturated rings. The van der Waals surface area contributed by atoms with Gasteiger partial charge in [0.05, 0.1) is 10.5 Å². The number of carboxylic acid groups (broad SMARTS) is 1. The van der Waals surface area contributed by atoms with Crippen molar-refractivity contribution in [2.24, 2.45) is 0 Å². The van der Waals surface area contributed by atoms with E-state index in [0.717, 1.165) is 18.2 Å². The summed E-state index contributed by atoms with van der Waals surface area (Å²) in [6, 6.07) is 3.26. The van der Waals surface area contributed by atoms with E-state index in [2.05, 4.69) is 0 Å². The molecule has 122 valence electrons. The molecular weight excluding hydrogens is 321 g/mol. The van der Waals surface area contributed by atoms with Gasteiger partial charge in [-0.15, -0.1) is 0 Å². The van der Waals surface area contributed by atoms with E-state index in [1.54, 1.807) is 0 Å². The standard InChI is InChI=1S/C14H15F3O4S/c15-14(16,17)10-5-4-6-11(9-10)22(20,21)13(12(18)19)7-2-1-3-8-13/h4-6,9H,1-3,7-8H2,(H,18,19). The fourth-order valence-corrected chi connectivity index (χ4v) is 4.83. The van der Waals surface area contributed by atoms with E-state index in [1.165, 1.54) is 0 Å². The lowest BCUT2D eigenvalue weighted by molar-refractivity contribution is -0.141. The van der Waals surface area contributed by atoms with Gasteiger partial charge in [-0.05, 0) is 31.0 Å². The number of halogens is 3. The van der Waals surface area contributed by atoms with Crippen LogP contribution in [0, 0.1) is 0 Å². The monoisotopic (exact) mass is 336 g/mol. The zero-order valence-corrected chi connectivity index (χ0v) is 12.4. The molecule has 0 aliphatic heterocycles. The van der Waals surface area contributed by atoms with E-state index in [0.29, 0.717) is 25.3 Å². The summed E-state index contributed by atoms with van der Waals surface area (Å²) in [6.07, 6.45) is -3.29. The first-order valence-electron chi connectivity index (χ1n) is 6.76. The van der Waals surface area contributed by atoms with Crippen molar-refractivity contribution >= 4 is 15.8 Å². The van der Waals surface area contributed by atoms with Crippen LogP contribution in [0.3, 0.4) is 0 Å². The molecule has 1 aromatic rings. The number of hydrogen-bond donors (Lipinski definition) is 1. The molecule has 0 amide bonds. The van der Waals surface area contributed by atoms with Crippen LogP contribution >= 0.6 is 0 Å². The molecule has 0 spiro atoms. The zero-order valence-electron chi connectivity index (χ0n) is 11.6. The van der Waals surface area contributed by atoms with Crippen molar-refractivity contribution in [3.8, 4) is 0 Å². The topological polar surface area (TPSA) is 71.4 Å². The molecule has 0 aromatic heterocycles. The van der Waals surface area contributed by atoms with E-state index in [9.17, 15) is 31.5 Å². The number of sulfone groups is 1. The Balaban J connectivity index is 2.56. The number of rotatable bonds is 3. The molecule has 0 bridgehead atoms. The molecule has 0 unspecified atom stereocenters. The minimum absolute atomic E-state index is 0.0824. The lowest BCUT2D eigenvalue weighted by Gasteiger charge is -2.32. The number of aliphatic carboxylic acids is 1. The smallest absolute Gasteiger partial charge is 0.416 e. The first-order chi connectivity index (χ1) is 10.1. The third-order valence-electron chi connectivity index (χ3n) is 4.04. The Hall–Kier alpha value is -1.57. The summed E-state index contributed by atoms with van der Waals surface area (Å²) in [4.78, 5) is 11.0. The van der Waals surface area contributed by atoms with Crippen LogP contribution in [0.25, 0.3) is 0 Å². The Morgan fingerprint density at radius 1 is 1.14 bits per heavy atom. The van der Waals surface area contributed by atoms with Gasteiger partial charge in [-0.1, -0.05) is 25.3 Å². The molecule has 1 N–H and O–H groups in total. The lowest BCUT2D eigenvalue weighted by Crippen LogP contribution is -2.48. The Labute approximate surface area is 125 Å². The second-order valence-electron chi connectivity index (χ2n) is 5.39. The predicted molar refractivity (Wildman–Crippen MR) is 72.1 cm³/mol. The van der Waals surface area contributed by atoms with Gasteiger partial charge in [0.2, 0.25) is 0 Å². The molecule has 1 aromatic carbocycles. The molecule has 1 saturated carbocycles. The Morgan fingerprint density at radius 2 is 1.73 bits per heavy atom. The Morgan fingerprint density at radius 3 is 2.23 bits per heavy atom. The second-order valence-corrected chi connectivity index (χ2v) is 7.65. The third-order valence-corrected chi connectivity index (χ3v) is 6.52. The first kappa shape index (κ1) is 16.8. The normalized spacial score (nSPS) is 18.9. The minimum Gasteiger partial charge on any atom is -0.480 e. The highest BCUT2D eigenvalue weighted by molar-refractivity contribution is 7.93. The summed E-state index contributed by atoms with van der Waals surface area (Å²) in [5.74, 6) is -1.50. The molecule has 0 heterocycles. The van der Waals surface area contributed by atoms with Crippen molar-refractivity contribution in [2.75, 3.05) is 0 Å². The lowest BCUT2D eigenvalue weighted by atomic mass is 9.88. The van der Waals surface area contributed by atoms with Gasteiger partial charge in [-0.2, -0.15) is 13.2 Å². The first-order valence-corrected chi connectivity index (χ1v) is 8.25. The number of carbonyl (C=O) groups is 1. The fourth-order valence-electron chi connectivity index (χ4n) is 2.79. The number of benzene rings is 1. The Bertz CT molecular complexity index is 674. The number of carboxylic acids is 1. The van der Waals surface area contributed by atoms with Crippen LogP contribution in [-0.2, 0) is 20.8 Å². The molecule has 0 radical (unpaired) electrons. The number of hydrogen-bond acceptors (Lipinski definition) is 3. The van der Waals surface area contributed by atoms with Crippen LogP contribution in [-0.4, -0.2) is 24.2 Å². The molecule has 22 heavy (non-hydrogen) atoms. The summed E-state index contributed by atoms with van der Waals surface area (Å²) in [5, 5.41) is 9.41. The molecule has 0 atom stereocenters. The van der Waals surface area contributed by atoms with Gasteiger partial charge in [0.1, 0.15) is 0 Å². The van der Waals surface area contributed by atoms with E-state index < -0.39 is 37.2 Å². The average molecular weight is 336 g/mol. The molecule has 2 rings (SSSR count). The molecule has 1 aliphatic carbocycles. The van der Waals surface area contributed by atoms with Crippen LogP contribution in [0.4, 0.5) is 13.2 Å². The van der Waals surface area contributed by atoms with Crippen LogP contribution < -0.4 is 0 Å². The summed E-state index contributed by atoms with van der Waals surface area (Å²) < 4.78 is 61.6. The van der Waals surface area contributed by atoms with Gasteiger partial charge in [-0.25, -0.2) is 8.42 Å². The van der Waals surface area contributed by atoms with Gasteiger partial charge in [0, 0.05) is 0 Å². The molecule has 1 aliphatic rings. The molecule has 8 heteroatoms. The van der Waals surface area contributed by atoms with Crippen LogP contribution in [0.15, 0.2) is 29.2 Å². The van der Waals surface area contributed by atoms with Gasteiger partial charge < -0.3 is 5.11 Å². The molecule has 0 saturated heterocycles. The maximum Gasteiger partial charge on any atom is 0.416 e. The van der Waals surface area contributed by atoms with Gasteiger partial charge in [-0.3, -0.25) is 4.79 Å². The zero-order chi connectivity index (χ0) is 16.6. The quantitative estimate of drug-likeness (QED) is 0.919. The fraction of sp³-hybridized carbons (Fsp3) is 0.500. The largest absolute Gasteiger partial charge is 0.480 e.